The van der Waals surface area contributed by atoms with Crippen LogP contribution in [0.3, 0.4) is 0 Å². The van der Waals surface area contributed by atoms with Crippen molar-refractivity contribution in [3.05, 3.63) is 0 Å². The zero-order valence-corrected chi connectivity index (χ0v) is 17.2. The second kappa shape index (κ2) is 32.5. The largest absolute Gasteiger partial charge is 2.00 e. The van der Waals surface area contributed by atoms with E-state index in [0.717, 1.165) is 0 Å². The second-order valence-electron chi connectivity index (χ2n) is 0. The Morgan fingerprint density at radius 3 is 0.500 bits per heavy atom. The van der Waals surface area contributed by atoms with Crippen LogP contribution >= 0.6 is 0 Å². The van der Waals surface area contributed by atoms with E-state index in [9.17, 15) is 0 Å². The molecule has 0 spiro atoms. The first-order valence-electron chi connectivity index (χ1n) is 0. The van der Waals surface area contributed by atoms with E-state index in [4.69, 9.17) is 0 Å². The van der Waals surface area contributed by atoms with Crippen LogP contribution in [0.15, 0.2) is 0 Å². The first-order valence-corrected chi connectivity index (χ1v) is 0. The quantitative estimate of drug-likeness (QED) is 0.266. The molecule has 0 aliphatic heterocycles. The molecule has 0 saturated carbocycles. The minimum absolute atomic E-state index is 0. The Labute approximate surface area is 157 Å². The van der Waals surface area contributed by atoms with Crippen LogP contribution in [0, 0.1) is 0 Å². The average molecular weight is 545 g/mol. The predicted molar refractivity (Wildman–Crippen MR) is 11.5 cm³/mol. The predicted octanol–water partition coefficient (Wildman–Crippen LogP) is -12.7. The molecule has 6 heavy (non-hydrogen) atoms. The molecule has 0 saturated heterocycles. The van der Waals surface area contributed by atoms with Crippen LogP contribution < -0.4 is 67.9 Å². The molecular formula is BaBr4Sr. The summed E-state index contributed by atoms with van der Waals surface area (Å²) < 4.78 is 0. The van der Waals surface area contributed by atoms with Gasteiger partial charge in [-0.1, -0.05) is 0 Å². The van der Waals surface area contributed by atoms with E-state index in [0.29, 0.717) is 0 Å². The molecule has 0 heterocycles. The molecule has 0 aromatic heterocycles. The molecule has 6 heteroatoms. The number of hydrogen-bond acceptors (Lipinski definition) is 0. The van der Waals surface area contributed by atoms with Gasteiger partial charge in [-0.15, -0.1) is 0 Å². The van der Waals surface area contributed by atoms with Gasteiger partial charge >= 0.3 is 94.4 Å². The summed E-state index contributed by atoms with van der Waals surface area (Å²) in [5, 5.41) is 0. The zero-order chi connectivity index (χ0) is 0. The summed E-state index contributed by atoms with van der Waals surface area (Å²) in [6.07, 6.45) is 0. The normalized spacial score (nSPS) is 0. The maximum absolute atomic E-state index is 0. The summed E-state index contributed by atoms with van der Waals surface area (Å²) in [4.78, 5) is 0. The van der Waals surface area contributed by atoms with Crippen molar-refractivity contribution in [3.8, 4) is 0 Å². The van der Waals surface area contributed by atoms with E-state index in [1.807, 2.05) is 0 Å². The van der Waals surface area contributed by atoms with Crippen LogP contribution in [0.1, 0.15) is 0 Å². The Kier molecular flexibility index (Phi) is 239. The standard InChI is InChI=1S/Ba.4BrH.Sr/h;4*1H;/q+2;;;;;+2/p-4. The second-order valence-corrected chi connectivity index (χ2v) is 0. The molecule has 0 radical (unpaired) electrons. The Morgan fingerprint density at radius 1 is 0.500 bits per heavy atom. The molecule has 0 aliphatic carbocycles. The van der Waals surface area contributed by atoms with E-state index in [1.54, 1.807) is 0 Å². The van der Waals surface area contributed by atoms with Crippen molar-refractivity contribution < 1.29 is 67.9 Å². The van der Waals surface area contributed by atoms with Crippen LogP contribution in [0.4, 0.5) is 0 Å². The van der Waals surface area contributed by atoms with Crippen molar-refractivity contribution in [1.29, 1.82) is 0 Å². The minimum atomic E-state index is 0. The molecule has 0 aromatic rings. The first-order chi connectivity index (χ1) is 0. The molecule has 0 unspecified atom stereocenters. The summed E-state index contributed by atoms with van der Waals surface area (Å²) in [5.41, 5.74) is 0. The average Bonchev–Trinajstić information content (AvgIpc) is 0. The Morgan fingerprint density at radius 2 is 0.500 bits per heavy atom. The van der Waals surface area contributed by atoms with Gasteiger partial charge in [0.2, 0.25) is 0 Å². The third-order valence-electron chi connectivity index (χ3n) is 0. The van der Waals surface area contributed by atoms with Crippen LogP contribution in [0.5, 0.6) is 0 Å². The van der Waals surface area contributed by atoms with Gasteiger partial charge in [-0.25, -0.2) is 0 Å². The van der Waals surface area contributed by atoms with E-state index < -0.39 is 0 Å². The molecule has 0 aliphatic rings. The van der Waals surface area contributed by atoms with Crippen molar-refractivity contribution in [2.45, 2.75) is 0 Å². The van der Waals surface area contributed by atoms with Crippen LogP contribution in [-0.2, 0) is 0 Å². The SMILES string of the molecule is [Ba+2].[Br-].[Br-].[Br-].[Br-].[Sr+2]. The molecule has 0 bridgehead atoms. The van der Waals surface area contributed by atoms with Gasteiger partial charge in [0.15, 0.2) is 0 Å². The van der Waals surface area contributed by atoms with Crippen molar-refractivity contribution in [1.82, 2.24) is 0 Å². The minimum Gasteiger partial charge on any atom is -1.00 e. The van der Waals surface area contributed by atoms with Gasteiger partial charge in [-0.05, 0) is 0 Å². The van der Waals surface area contributed by atoms with Gasteiger partial charge in [0.25, 0.3) is 0 Å². The first kappa shape index (κ1) is 44.1. The van der Waals surface area contributed by atoms with E-state index in [1.165, 1.54) is 0 Å². The summed E-state index contributed by atoms with van der Waals surface area (Å²) >= 11 is 0. The Hall–Kier alpha value is 4.97. The van der Waals surface area contributed by atoms with Crippen LogP contribution in [0.2, 0.25) is 0 Å². The summed E-state index contributed by atoms with van der Waals surface area (Å²) in [6.45, 7) is 0. The topological polar surface area (TPSA) is 0 Å². The maximum Gasteiger partial charge on any atom is 2.00 e. The fraction of sp³-hybridized carbons (Fsp3) is 0. The fourth-order valence-electron chi connectivity index (χ4n) is 0. The summed E-state index contributed by atoms with van der Waals surface area (Å²) in [7, 11) is 0. The van der Waals surface area contributed by atoms with E-state index in [2.05, 4.69) is 0 Å². The maximum atomic E-state index is 0. The molecular weight excluding hydrogens is 545 g/mol. The monoisotopic (exact) mass is 541 g/mol. The molecule has 0 rings (SSSR count). The van der Waals surface area contributed by atoms with Crippen LogP contribution in [0.25, 0.3) is 0 Å². The molecule has 0 amide bonds. The molecule has 0 N–H and O–H groups in total. The summed E-state index contributed by atoms with van der Waals surface area (Å²) in [6, 6.07) is 0. The Bertz CT molecular complexity index is 7.51. The Balaban J connectivity index is 0. The van der Waals surface area contributed by atoms with Crippen molar-refractivity contribution >= 4 is 94.4 Å². The molecule has 0 fully saturated rings. The summed E-state index contributed by atoms with van der Waals surface area (Å²) in [5.74, 6) is 0. The molecule has 0 nitrogen and oxygen atoms in total. The number of hydrogen-bond donors (Lipinski definition) is 0. The van der Waals surface area contributed by atoms with Crippen molar-refractivity contribution in [3.63, 3.8) is 0 Å². The van der Waals surface area contributed by atoms with Crippen LogP contribution in [-0.4, -0.2) is 94.4 Å². The fourth-order valence-corrected chi connectivity index (χ4v) is 0. The molecule has 0 atom stereocenters. The van der Waals surface area contributed by atoms with Gasteiger partial charge in [-0.2, -0.15) is 0 Å². The molecule has 0 aromatic carbocycles. The smallest absolute Gasteiger partial charge is 1.00 e. The van der Waals surface area contributed by atoms with E-state index in [-0.39, 0.29) is 162 Å². The van der Waals surface area contributed by atoms with Gasteiger partial charge < -0.3 is 67.9 Å². The number of rotatable bonds is 0. The van der Waals surface area contributed by atoms with Crippen molar-refractivity contribution in [2.75, 3.05) is 0 Å². The third-order valence-corrected chi connectivity index (χ3v) is 0. The third kappa shape index (κ3) is 23.1. The van der Waals surface area contributed by atoms with Gasteiger partial charge in [-0.3, -0.25) is 0 Å². The van der Waals surface area contributed by atoms with Gasteiger partial charge in [0.05, 0.1) is 0 Å². The van der Waals surface area contributed by atoms with Gasteiger partial charge in [0, 0.05) is 0 Å². The molecule has 32 valence electrons. The zero-order valence-electron chi connectivity index (χ0n) is 2.93. The van der Waals surface area contributed by atoms with Crippen molar-refractivity contribution in [2.24, 2.45) is 0 Å². The van der Waals surface area contributed by atoms with E-state index >= 15 is 0 Å². The van der Waals surface area contributed by atoms with Gasteiger partial charge in [0.1, 0.15) is 0 Å². The number of halogens is 4.